The summed E-state index contributed by atoms with van der Waals surface area (Å²) in [4.78, 5) is 8.76. The van der Waals surface area contributed by atoms with Gasteiger partial charge in [0.05, 0.1) is 0 Å². The van der Waals surface area contributed by atoms with E-state index in [1.165, 1.54) is 5.56 Å². The highest BCUT2D eigenvalue weighted by Crippen LogP contribution is 2.23. The number of rotatable bonds is 8. The van der Waals surface area contributed by atoms with Gasteiger partial charge in [-0.15, -0.1) is 0 Å². The average molecular weight is 250 g/mol. The van der Waals surface area contributed by atoms with Gasteiger partial charge in [0.2, 0.25) is 0 Å². The van der Waals surface area contributed by atoms with Crippen molar-refractivity contribution in [2.45, 2.75) is 59.4 Å². The first kappa shape index (κ1) is 14.7. The summed E-state index contributed by atoms with van der Waals surface area (Å²) in [5.41, 5.74) is 1.22. The minimum absolute atomic E-state index is 0.491. The molecule has 1 rings (SSSR count). The molecular weight excluding hydrogens is 224 g/mol. The summed E-state index contributed by atoms with van der Waals surface area (Å²) in [5.74, 6) is 1.97. The molecule has 4 heteroatoms. The smallest absolute Gasteiger partial charge is 0.134 e. The zero-order valence-corrected chi connectivity index (χ0v) is 12.1. The molecule has 0 aliphatic rings. The Kier molecular flexibility index (Phi) is 6.47. The van der Waals surface area contributed by atoms with Gasteiger partial charge in [-0.2, -0.15) is 0 Å². The lowest BCUT2D eigenvalue weighted by Crippen LogP contribution is -2.20. The van der Waals surface area contributed by atoms with Crippen LogP contribution in [0.25, 0.3) is 0 Å². The number of hydrogen-bond donors (Lipinski definition) is 2. The Balaban J connectivity index is 2.97. The topological polar surface area (TPSA) is 49.8 Å². The molecule has 0 atom stereocenters. The summed E-state index contributed by atoms with van der Waals surface area (Å²) < 4.78 is 0. The third-order valence-corrected chi connectivity index (χ3v) is 3.12. The molecule has 1 aromatic rings. The van der Waals surface area contributed by atoms with Gasteiger partial charge >= 0.3 is 0 Å². The molecule has 0 radical (unpaired) electrons. The summed E-state index contributed by atoms with van der Waals surface area (Å²) in [6.07, 6.45) is 5.97. The monoisotopic (exact) mass is 250 g/mol. The van der Waals surface area contributed by atoms with Gasteiger partial charge < -0.3 is 10.6 Å². The van der Waals surface area contributed by atoms with Crippen molar-refractivity contribution in [3.8, 4) is 0 Å². The van der Waals surface area contributed by atoms with E-state index in [1.54, 1.807) is 6.33 Å². The van der Waals surface area contributed by atoms with Crippen LogP contribution >= 0.6 is 0 Å². The van der Waals surface area contributed by atoms with E-state index < -0.39 is 0 Å². The zero-order valence-electron chi connectivity index (χ0n) is 12.1. The van der Waals surface area contributed by atoms with Crippen molar-refractivity contribution in [3.05, 3.63) is 11.9 Å². The maximum atomic E-state index is 4.41. The number of anilines is 2. The highest BCUT2D eigenvalue weighted by molar-refractivity contribution is 5.57. The molecule has 0 fully saturated rings. The summed E-state index contributed by atoms with van der Waals surface area (Å²) in [7, 11) is 0. The van der Waals surface area contributed by atoms with E-state index in [0.29, 0.717) is 6.04 Å². The van der Waals surface area contributed by atoms with E-state index in [2.05, 4.69) is 48.3 Å². The van der Waals surface area contributed by atoms with Crippen LogP contribution in [0.4, 0.5) is 11.6 Å². The maximum absolute atomic E-state index is 4.41. The van der Waals surface area contributed by atoms with Crippen molar-refractivity contribution in [1.82, 2.24) is 9.97 Å². The fourth-order valence-corrected chi connectivity index (χ4v) is 2.03. The first-order valence-corrected chi connectivity index (χ1v) is 7.10. The fraction of sp³-hybridized carbons (Fsp3) is 0.714. The van der Waals surface area contributed by atoms with Gasteiger partial charge in [-0.1, -0.05) is 27.2 Å². The normalized spacial score (nSPS) is 10.7. The molecule has 0 spiro atoms. The summed E-state index contributed by atoms with van der Waals surface area (Å²) in [6, 6.07) is 0.491. The lowest BCUT2D eigenvalue weighted by molar-refractivity contribution is 0.666. The third kappa shape index (κ3) is 3.86. The number of hydrogen-bond acceptors (Lipinski definition) is 4. The Morgan fingerprint density at radius 3 is 2.28 bits per heavy atom. The molecule has 0 aliphatic heterocycles. The molecule has 0 unspecified atom stereocenters. The second-order valence-electron chi connectivity index (χ2n) is 4.49. The van der Waals surface area contributed by atoms with Crippen LogP contribution in [0.15, 0.2) is 6.33 Å². The average Bonchev–Trinajstić information content (AvgIpc) is 2.39. The molecule has 18 heavy (non-hydrogen) atoms. The Hall–Kier alpha value is -1.32. The number of nitrogens with one attached hydrogen (secondary N) is 2. The maximum Gasteiger partial charge on any atom is 0.134 e. The standard InChI is InChI=1S/C14H26N4/c1-5-9-12-13(15-8-4)16-10-17-14(12)18-11(6-2)7-3/h10-11H,5-9H2,1-4H3,(H2,15,16,17,18). The summed E-state index contributed by atoms with van der Waals surface area (Å²) >= 11 is 0. The largest absolute Gasteiger partial charge is 0.370 e. The van der Waals surface area contributed by atoms with Crippen LogP contribution < -0.4 is 10.6 Å². The predicted octanol–water partition coefficient (Wildman–Crippen LogP) is 3.46. The van der Waals surface area contributed by atoms with Crippen molar-refractivity contribution < 1.29 is 0 Å². The Morgan fingerprint density at radius 1 is 1.06 bits per heavy atom. The minimum atomic E-state index is 0.491. The van der Waals surface area contributed by atoms with Crippen molar-refractivity contribution in [1.29, 1.82) is 0 Å². The van der Waals surface area contributed by atoms with Crippen LogP contribution in [0.3, 0.4) is 0 Å². The molecule has 1 aromatic heterocycles. The molecule has 4 nitrogen and oxygen atoms in total. The van der Waals surface area contributed by atoms with Crippen LogP contribution in [-0.2, 0) is 6.42 Å². The fourth-order valence-electron chi connectivity index (χ4n) is 2.03. The Labute approximate surface area is 111 Å². The highest BCUT2D eigenvalue weighted by atomic mass is 15.1. The SMILES string of the molecule is CCCc1c(NCC)ncnc1NC(CC)CC. The molecular formula is C14H26N4. The van der Waals surface area contributed by atoms with E-state index in [9.17, 15) is 0 Å². The Morgan fingerprint density at radius 2 is 1.72 bits per heavy atom. The van der Waals surface area contributed by atoms with Gasteiger partial charge in [-0.3, -0.25) is 0 Å². The number of aromatic nitrogens is 2. The lowest BCUT2D eigenvalue weighted by Gasteiger charge is -2.19. The van der Waals surface area contributed by atoms with Gasteiger partial charge in [-0.25, -0.2) is 9.97 Å². The first-order valence-electron chi connectivity index (χ1n) is 7.10. The van der Waals surface area contributed by atoms with Crippen LogP contribution in [-0.4, -0.2) is 22.6 Å². The van der Waals surface area contributed by atoms with Gasteiger partial charge in [-0.05, 0) is 26.2 Å². The van der Waals surface area contributed by atoms with Crippen molar-refractivity contribution in [3.63, 3.8) is 0 Å². The van der Waals surface area contributed by atoms with Crippen LogP contribution in [0.1, 0.15) is 52.5 Å². The van der Waals surface area contributed by atoms with E-state index in [-0.39, 0.29) is 0 Å². The molecule has 102 valence electrons. The van der Waals surface area contributed by atoms with E-state index in [4.69, 9.17) is 0 Å². The molecule has 0 saturated carbocycles. The molecule has 0 aliphatic carbocycles. The van der Waals surface area contributed by atoms with E-state index in [0.717, 1.165) is 43.9 Å². The summed E-state index contributed by atoms with van der Waals surface area (Å²) in [5, 5.41) is 6.86. The van der Waals surface area contributed by atoms with Gasteiger partial charge in [0.15, 0.2) is 0 Å². The highest BCUT2D eigenvalue weighted by Gasteiger charge is 2.12. The third-order valence-electron chi connectivity index (χ3n) is 3.12. The van der Waals surface area contributed by atoms with Gasteiger partial charge in [0.1, 0.15) is 18.0 Å². The molecule has 2 N–H and O–H groups in total. The number of nitrogens with zero attached hydrogens (tertiary/aromatic N) is 2. The van der Waals surface area contributed by atoms with Crippen LogP contribution in [0, 0.1) is 0 Å². The van der Waals surface area contributed by atoms with E-state index in [1.807, 2.05) is 0 Å². The lowest BCUT2D eigenvalue weighted by atomic mass is 10.1. The second kappa shape index (κ2) is 7.90. The minimum Gasteiger partial charge on any atom is -0.370 e. The molecule has 0 bridgehead atoms. The van der Waals surface area contributed by atoms with Crippen molar-refractivity contribution >= 4 is 11.6 Å². The molecule has 0 aromatic carbocycles. The molecule has 0 saturated heterocycles. The van der Waals surface area contributed by atoms with Crippen molar-refractivity contribution in [2.24, 2.45) is 0 Å². The summed E-state index contributed by atoms with van der Waals surface area (Å²) in [6.45, 7) is 9.56. The quantitative estimate of drug-likeness (QED) is 0.742. The zero-order chi connectivity index (χ0) is 13.4. The second-order valence-corrected chi connectivity index (χ2v) is 4.49. The van der Waals surface area contributed by atoms with E-state index >= 15 is 0 Å². The predicted molar refractivity (Wildman–Crippen MR) is 78.2 cm³/mol. The van der Waals surface area contributed by atoms with Crippen LogP contribution in [0.2, 0.25) is 0 Å². The Bertz CT molecular complexity index is 348. The first-order chi connectivity index (χ1) is 8.76. The van der Waals surface area contributed by atoms with Crippen LogP contribution in [0.5, 0.6) is 0 Å². The van der Waals surface area contributed by atoms with Crippen molar-refractivity contribution in [2.75, 3.05) is 17.2 Å². The molecule has 0 amide bonds. The molecule has 1 heterocycles. The van der Waals surface area contributed by atoms with Gasteiger partial charge in [0.25, 0.3) is 0 Å². The van der Waals surface area contributed by atoms with Gasteiger partial charge in [0, 0.05) is 18.2 Å².